The van der Waals surface area contributed by atoms with E-state index in [4.69, 9.17) is 10.6 Å². The van der Waals surface area contributed by atoms with E-state index in [-0.39, 0.29) is 6.04 Å². The summed E-state index contributed by atoms with van der Waals surface area (Å²) in [4.78, 5) is 0. The van der Waals surface area contributed by atoms with Gasteiger partial charge in [-0.2, -0.15) is 10.2 Å². The van der Waals surface area contributed by atoms with Gasteiger partial charge in [0.15, 0.2) is 0 Å². The van der Waals surface area contributed by atoms with E-state index in [0.29, 0.717) is 5.92 Å². The van der Waals surface area contributed by atoms with Gasteiger partial charge in [0.1, 0.15) is 0 Å². The van der Waals surface area contributed by atoms with Crippen molar-refractivity contribution in [1.82, 2.24) is 15.6 Å². The Labute approximate surface area is 102 Å². The lowest BCUT2D eigenvalue weighted by Crippen LogP contribution is -2.35. The van der Waals surface area contributed by atoms with Gasteiger partial charge in [-0.1, -0.05) is 6.92 Å². The molecule has 1 aromatic heterocycles. The second kappa shape index (κ2) is 5.53. The number of nitrogens with two attached hydrogens (primary N) is 1. The van der Waals surface area contributed by atoms with Gasteiger partial charge in [-0.3, -0.25) is 11.3 Å². The fourth-order valence-electron chi connectivity index (χ4n) is 2.37. The Morgan fingerprint density at radius 3 is 3.00 bits per heavy atom. The Hall–Kier alpha value is -1.04. The molecular weight excluding hydrogens is 216 g/mol. The third-order valence-electron chi connectivity index (χ3n) is 3.31. The van der Waals surface area contributed by atoms with Crippen LogP contribution >= 0.6 is 0 Å². The molecule has 3 N–H and O–H groups in total. The zero-order valence-electron chi connectivity index (χ0n) is 10.4. The van der Waals surface area contributed by atoms with Crippen molar-refractivity contribution in [1.29, 1.82) is 0 Å². The van der Waals surface area contributed by atoms with Crippen molar-refractivity contribution in [2.45, 2.75) is 32.7 Å². The van der Waals surface area contributed by atoms with E-state index in [1.807, 2.05) is 6.92 Å². The van der Waals surface area contributed by atoms with Crippen molar-refractivity contribution in [2.75, 3.05) is 13.2 Å². The van der Waals surface area contributed by atoms with E-state index in [1.165, 1.54) is 0 Å². The van der Waals surface area contributed by atoms with Crippen molar-refractivity contribution in [3.8, 4) is 0 Å². The number of nitrogens with zero attached hydrogens (tertiary/aromatic N) is 2. The lowest BCUT2D eigenvalue weighted by atomic mass is 9.91. The van der Waals surface area contributed by atoms with Crippen molar-refractivity contribution < 1.29 is 4.74 Å². The summed E-state index contributed by atoms with van der Waals surface area (Å²) in [6.45, 7) is 5.62. The van der Waals surface area contributed by atoms with Crippen molar-refractivity contribution in [2.24, 2.45) is 11.8 Å². The van der Waals surface area contributed by atoms with Gasteiger partial charge in [-0.25, -0.2) is 0 Å². The zero-order valence-corrected chi connectivity index (χ0v) is 10.4. The Bertz CT molecular complexity index is 377. The van der Waals surface area contributed by atoms with E-state index in [2.05, 4.69) is 28.6 Å². The van der Waals surface area contributed by atoms with Gasteiger partial charge < -0.3 is 4.74 Å². The molecule has 5 nitrogen and oxygen atoms in total. The lowest BCUT2D eigenvalue weighted by Gasteiger charge is -2.23. The predicted molar refractivity (Wildman–Crippen MR) is 65.1 cm³/mol. The number of hydrogen-bond acceptors (Lipinski definition) is 5. The smallest absolute Gasteiger partial charge is 0.0676 e. The largest absolute Gasteiger partial charge is 0.381 e. The highest BCUT2D eigenvalue weighted by molar-refractivity contribution is 5.25. The van der Waals surface area contributed by atoms with Crippen LogP contribution in [0, 0.1) is 12.8 Å². The molecule has 2 rings (SSSR count). The minimum Gasteiger partial charge on any atom is -0.381 e. The number of aryl methyl sites for hydroxylation is 2. The Kier molecular flexibility index (Phi) is 4.04. The maximum atomic E-state index is 5.70. The minimum absolute atomic E-state index is 0.113. The summed E-state index contributed by atoms with van der Waals surface area (Å²) >= 11 is 0. The van der Waals surface area contributed by atoms with Gasteiger partial charge in [-0.05, 0) is 31.4 Å². The molecule has 0 amide bonds. The molecule has 1 aliphatic rings. The van der Waals surface area contributed by atoms with Crippen LogP contribution in [0.15, 0.2) is 6.07 Å². The molecule has 1 aliphatic heterocycles. The van der Waals surface area contributed by atoms with Crippen molar-refractivity contribution in [3.63, 3.8) is 0 Å². The third kappa shape index (κ3) is 2.62. The summed E-state index contributed by atoms with van der Waals surface area (Å²) in [5.41, 5.74) is 6.03. The standard InChI is InChI=1S/C12H20N4O/c1-3-11-10(6-8(2)15-16-11)12(14-13)9-4-5-17-7-9/h6,9,12,14H,3-5,7,13H2,1-2H3. The molecule has 0 aromatic carbocycles. The van der Waals surface area contributed by atoms with Gasteiger partial charge >= 0.3 is 0 Å². The van der Waals surface area contributed by atoms with Gasteiger partial charge in [0.2, 0.25) is 0 Å². The fourth-order valence-corrected chi connectivity index (χ4v) is 2.37. The summed E-state index contributed by atoms with van der Waals surface area (Å²) in [5.74, 6) is 6.13. The van der Waals surface area contributed by atoms with Crippen LogP contribution in [-0.2, 0) is 11.2 Å². The summed E-state index contributed by atoms with van der Waals surface area (Å²) in [6.07, 6.45) is 1.91. The van der Waals surface area contributed by atoms with E-state index in [0.717, 1.165) is 43.0 Å². The topological polar surface area (TPSA) is 73.1 Å². The highest BCUT2D eigenvalue weighted by atomic mass is 16.5. The predicted octanol–water partition coefficient (Wildman–Crippen LogP) is 0.888. The first-order valence-corrected chi connectivity index (χ1v) is 6.13. The molecule has 0 radical (unpaired) electrons. The van der Waals surface area contributed by atoms with Gasteiger partial charge in [0.25, 0.3) is 0 Å². The van der Waals surface area contributed by atoms with E-state index in [1.54, 1.807) is 0 Å². The number of hydrogen-bond donors (Lipinski definition) is 2. The molecular formula is C12H20N4O. The molecule has 1 aromatic rings. The first-order chi connectivity index (χ1) is 8.26. The number of nitrogens with one attached hydrogen (secondary N) is 1. The van der Waals surface area contributed by atoms with Gasteiger partial charge in [-0.15, -0.1) is 0 Å². The molecule has 0 bridgehead atoms. The molecule has 17 heavy (non-hydrogen) atoms. The number of ether oxygens (including phenoxy) is 1. The van der Waals surface area contributed by atoms with E-state index in [9.17, 15) is 0 Å². The van der Waals surface area contributed by atoms with Crippen LogP contribution in [0.1, 0.15) is 36.3 Å². The summed E-state index contributed by atoms with van der Waals surface area (Å²) in [6, 6.07) is 2.19. The van der Waals surface area contributed by atoms with Crippen LogP contribution in [0.5, 0.6) is 0 Å². The molecule has 94 valence electrons. The molecule has 1 saturated heterocycles. The Morgan fingerprint density at radius 2 is 2.41 bits per heavy atom. The quantitative estimate of drug-likeness (QED) is 0.600. The third-order valence-corrected chi connectivity index (χ3v) is 3.31. The highest BCUT2D eigenvalue weighted by Crippen LogP contribution is 2.29. The van der Waals surface area contributed by atoms with Gasteiger partial charge in [0, 0.05) is 12.5 Å². The molecule has 2 atom stereocenters. The second-order valence-electron chi connectivity index (χ2n) is 4.51. The fraction of sp³-hybridized carbons (Fsp3) is 0.667. The van der Waals surface area contributed by atoms with Crippen LogP contribution in [-0.4, -0.2) is 23.4 Å². The van der Waals surface area contributed by atoms with Crippen LogP contribution in [0.25, 0.3) is 0 Å². The summed E-state index contributed by atoms with van der Waals surface area (Å²) < 4.78 is 5.43. The first kappa shape index (κ1) is 12.4. The summed E-state index contributed by atoms with van der Waals surface area (Å²) in [5, 5.41) is 8.35. The van der Waals surface area contributed by atoms with Crippen LogP contribution in [0.4, 0.5) is 0 Å². The van der Waals surface area contributed by atoms with Crippen molar-refractivity contribution in [3.05, 3.63) is 23.0 Å². The Balaban J connectivity index is 2.31. The van der Waals surface area contributed by atoms with Crippen molar-refractivity contribution >= 4 is 0 Å². The molecule has 2 heterocycles. The van der Waals surface area contributed by atoms with E-state index < -0.39 is 0 Å². The number of hydrazine groups is 1. The maximum Gasteiger partial charge on any atom is 0.0676 e. The molecule has 2 unspecified atom stereocenters. The average molecular weight is 236 g/mol. The minimum atomic E-state index is 0.113. The first-order valence-electron chi connectivity index (χ1n) is 6.13. The summed E-state index contributed by atoms with van der Waals surface area (Å²) in [7, 11) is 0. The molecule has 0 aliphatic carbocycles. The molecule has 5 heteroatoms. The SMILES string of the molecule is CCc1nnc(C)cc1C(NN)C1CCOC1. The lowest BCUT2D eigenvalue weighted by molar-refractivity contribution is 0.176. The van der Waals surface area contributed by atoms with Gasteiger partial charge in [0.05, 0.1) is 24.0 Å². The van der Waals surface area contributed by atoms with Crippen LogP contribution in [0.3, 0.4) is 0 Å². The van der Waals surface area contributed by atoms with E-state index >= 15 is 0 Å². The Morgan fingerprint density at radius 1 is 1.59 bits per heavy atom. The average Bonchev–Trinajstić information content (AvgIpc) is 2.84. The molecule has 0 saturated carbocycles. The normalized spacial score (nSPS) is 21.7. The monoisotopic (exact) mass is 236 g/mol. The highest BCUT2D eigenvalue weighted by Gasteiger charge is 2.28. The zero-order chi connectivity index (χ0) is 12.3. The molecule has 0 spiro atoms. The maximum absolute atomic E-state index is 5.70. The number of aromatic nitrogens is 2. The van der Waals surface area contributed by atoms with Crippen LogP contribution < -0.4 is 11.3 Å². The molecule has 1 fully saturated rings. The van der Waals surface area contributed by atoms with Crippen LogP contribution in [0.2, 0.25) is 0 Å². The second-order valence-corrected chi connectivity index (χ2v) is 4.51. The number of rotatable bonds is 4.